The first-order valence-corrected chi connectivity index (χ1v) is 21.0. The number of rotatable bonds is 8. The van der Waals surface area contributed by atoms with Crippen LogP contribution in [-0.2, 0) is 0 Å². The monoisotopic (exact) mass is 832 g/mol. The summed E-state index contributed by atoms with van der Waals surface area (Å²) in [7, 11) is 0. The first-order valence-electron chi connectivity index (χ1n) is 20.2. The second-order valence-corrected chi connectivity index (χ2v) is 15.9. The normalized spacial score (nSPS) is 11.4. The highest BCUT2D eigenvalue weighted by Crippen LogP contribution is 2.53. The molecule has 0 N–H and O–H groups in total. The summed E-state index contributed by atoms with van der Waals surface area (Å²) >= 11 is 4.34. The molecule has 10 aromatic carbocycles. The number of furan rings is 1. The average molecular weight is 834 g/mol. The van der Waals surface area contributed by atoms with Gasteiger partial charge in [0, 0.05) is 34.2 Å². The minimum Gasteiger partial charge on any atom is -0.456 e. The number of halogens is 1. The summed E-state index contributed by atoms with van der Waals surface area (Å²) in [5.41, 5.74) is 12.4. The Hall–Kier alpha value is -7.40. The molecule has 0 saturated carbocycles. The van der Waals surface area contributed by atoms with Crippen LogP contribution in [0.15, 0.2) is 233 Å². The molecule has 0 aliphatic carbocycles. The van der Waals surface area contributed by atoms with Crippen molar-refractivity contribution in [3.8, 4) is 22.3 Å². The lowest BCUT2D eigenvalue weighted by atomic mass is 10.0. The van der Waals surface area contributed by atoms with E-state index in [1.807, 2.05) is 6.07 Å². The number of fused-ring (bicyclic) bond motifs is 5. The van der Waals surface area contributed by atoms with Gasteiger partial charge in [0.15, 0.2) is 0 Å². The molecule has 11 rings (SSSR count). The molecule has 3 nitrogen and oxygen atoms in total. The molecular weight excluding hydrogens is 797 g/mol. The Balaban J connectivity index is 1.19. The lowest BCUT2D eigenvalue weighted by molar-refractivity contribution is 0.669. The highest BCUT2D eigenvalue weighted by Gasteiger charge is 2.28. The van der Waals surface area contributed by atoms with E-state index in [1.165, 1.54) is 32.7 Å². The Morgan fingerprint density at radius 2 is 0.767 bits per heavy atom. The first kappa shape index (κ1) is 35.7. The van der Waals surface area contributed by atoms with E-state index in [0.717, 1.165) is 71.7 Å². The summed E-state index contributed by atoms with van der Waals surface area (Å²) < 4.78 is 7.79. The van der Waals surface area contributed by atoms with Gasteiger partial charge in [0.1, 0.15) is 11.2 Å². The first-order chi connectivity index (χ1) is 29.7. The van der Waals surface area contributed by atoms with Gasteiger partial charge in [0.2, 0.25) is 0 Å². The highest BCUT2D eigenvalue weighted by molar-refractivity contribution is 9.10. The van der Waals surface area contributed by atoms with E-state index in [1.54, 1.807) is 0 Å². The Labute approximate surface area is 357 Å². The van der Waals surface area contributed by atoms with Crippen LogP contribution in [0.4, 0.5) is 34.1 Å². The largest absolute Gasteiger partial charge is 0.456 e. The van der Waals surface area contributed by atoms with Crippen molar-refractivity contribution >= 4 is 93.5 Å². The fourth-order valence-corrected chi connectivity index (χ4v) is 9.20. The molecule has 1 heterocycles. The summed E-state index contributed by atoms with van der Waals surface area (Å²) in [6, 6.07) is 79.9. The van der Waals surface area contributed by atoms with Gasteiger partial charge in [-0.1, -0.05) is 164 Å². The minimum absolute atomic E-state index is 0.794. The highest BCUT2D eigenvalue weighted by atomic mass is 79.9. The van der Waals surface area contributed by atoms with Crippen LogP contribution in [-0.4, -0.2) is 0 Å². The van der Waals surface area contributed by atoms with Gasteiger partial charge < -0.3 is 14.2 Å². The number of para-hydroxylation sites is 1. The molecule has 0 radical (unpaired) electrons. The Morgan fingerprint density at radius 1 is 0.333 bits per heavy atom. The minimum atomic E-state index is 0.794. The van der Waals surface area contributed by atoms with Crippen LogP contribution in [0.25, 0.3) is 65.7 Å². The van der Waals surface area contributed by atoms with Crippen molar-refractivity contribution in [2.75, 3.05) is 9.80 Å². The zero-order chi connectivity index (χ0) is 40.0. The van der Waals surface area contributed by atoms with Crippen molar-refractivity contribution in [1.29, 1.82) is 0 Å². The smallest absolute Gasteiger partial charge is 0.139 e. The third-order valence-electron chi connectivity index (χ3n) is 11.5. The second kappa shape index (κ2) is 15.1. The van der Waals surface area contributed by atoms with Gasteiger partial charge in [-0.05, 0) is 114 Å². The molecule has 0 aliphatic rings. The zero-order valence-electron chi connectivity index (χ0n) is 32.5. The molecule has 11 aromatic rings. The SMILES string of the molecule is Brc1c(N(c2ccc3ccccc3c2)c2ccc3ccccc3c2)cc2oc3ccccc3c2c1N(c1ccc(-c2ccccc2)cc1)c1ccc(-c2ccccc2)cc1. The van der Waals surface area contributed by atoms with Gasteiger partial charge in [0.25, 0.3) is 0 Å². The van der Waals surface area contributed by atoms with E-state index in [2.05, 4.69) is 244 Å². The van der Waals surface area contributed by atoms with Crippen molar-refractivity contribution < 1.29 is 4.42 Å². The van der Waals surface area contributed by atoms with Gasteiger partial charge in [-0.15, -0.1) is 0 Å². The van der Waals surface area contributed by atoms with E-state index in [0.29, 0.717) is 0 Å². The molecule has 0 amide bonds. The molecule has 0 unspecified atom stereocenters. The fourth-order valence-electron chi connectivity index (χ4n) is 8.53. The van der Waals surface area contributed by atoms with E-state index in [9.17, 15) is 0 Å². The van der Waals surface area contributed by atoms with Crippen LogP contribution in [0.2, 0.25) is 0 Å². The van der Waals surface area contributed by atoms with E-state index < -0.39 is 0 Å². The van der Waals surface area contributed by atoms with Crippen molar-refractivity contribution in [2.45, 2.75) is 0 Å². The lowest BCUT2D eigenvalue weighted by Crippen LogP contribution is -2.15. The topological polar surface area (TPSA) is 19.6 Å². The number of hydrogen-bond donors (Lipinski definition) is 0. The molecule has 0 fully saturated rings. The molecule has 1 aromatic heterocycles. The maximum absolute atomic E-state index is 6.85. The van der Waals surface area contributed by atoms with E-state index in [-0.39, 0.29) is 0 Å². The van der Waals surface area contributed by atoms with Gasteiger partial charge in [0.05, 0.1) is 21.2 Å². The van der Waals surface area contributed by atoms with Crippen LogP contribution in [0.1, 0.15) is 0 Å². The third-order valence-corrected chi connectivity index (χ3v) is 12.3. The molecule has 0 saturated heterocycles. The maximum Gasteiger partial charge on any atom is 0.139 e. The summed E-state index contributed by atoms with van der Waals surface area (Å²) in [5.74, 6) is 0. The molecular formula is C56H37BrN2O. The molecule has 60 heavy (non-hydrogen) atoms. The Bertz CT molecular complexity index is 3160. The van der Waals surface area contributed by atoms with E-state index in [4.69, 9.17) is 4.42 Å². The van der Waals surface area contributed by atoms with Crippen LogP contribution in [0.5, 0.6) is 0 Å². The molecule has 0 aliphatic heterocycles. The quantitative estimate of drug-likeness (QED) is 0.152. The molecule has 0 spiro atoms. The lowest BCUT2D eigenvalue weighted by Gasteiger charge is -2.32. The van der Waals surface area contributed by atoms with Crippen LogP contribution in [0, 0.1) is 0 Å². The van der Waals surface area contributed by atoms with Crippen LogP contribution in [0.3, 0.4) is 0 Å². The molecule has 0 bridgehead atoms. The fraction of sp³-hybridized carbons (Fsp3) is 0. The van der Waals surface area contributed by atoms with Crippen LogP contribution < -0.4 is 9.80 Å². The molecule has 0 atom stereocenters. The standard InChI is InChI=1S/C56H37BrN2O/c57-55-51(58(48-33-27-40-17-7-9-19-44(40)35-48)49-34-28-41-18-8-10-20-45(41)36-49)37-53-54(50-21-11-12-22-52(50)60-53)56(55)59(46-29-23-42(24-30-46)38-13-3-1-4-14-38)47-31-25-43(26-32-47)39-15-5-2-6-16-39/h1-37H. The predicted molar refractivity (Wildman–Crippen MR) is 257 cm³/mol. The summed E-state index contributed by atoms with van der Waals surface area (Å²) in [5, 5.41) is 6.79. The molecule has 4 heteroatoms. The van der Waals surface area contributed by atoms with Crippen molar-refractivity contribution in [3.05, 3.63) is 229 Å². The second-order valence-electron chi connectivity index (χ2n) is 15.1. The van der Waals surface area contributed by atoms with E-state index >= 15 is 0 Å². The third kappa shape index (κ3) is 6.39. The maximum atomic E-state index is 6.85. The summed E-state index contributed by atoms with van der Waals surface area (Å²) in [4.78, 5) is 4.73. The Morgan fingerprint density at radius 3 is 1.30 bits per heavy atom. The van der Waals surface area contributed by atoms with Gasteiger partial charge in [-0.3, -0.25) is 0 Å². The summed E-state index contributed by atoms with van der Waals surface area (Å²) in [6.45, 7) is 0. The zero-order valence-corrected chi connectivity index (χ0v) is 34.1. The number of nitrogens with zero attached hydrogens (tertiary/aromatic N) is 2. The number of benzene rings is 10. The van der Waals surface area contributed by atoms with Crippen LogP contribution >= 0.6 is 15.9 Å². The van der Waals surface area contributed by atoms with Gasteiger partial charge >= 0.3 is 0 Å². The summed E-state index contributed by atoms with van der Waals surface area (Å²) in [6.07, 6.45) is 0. The van der Waals surface area contributed by atoms with Gasteiger partial charge in [-0.25, -0.2) is 0 Å². The molecule has 284 valence electrons. The van der Waals surface area contributed by atoms with Crippen molar-refractivity contribution in [2.24, 2.45) is 0 Å². The predicted octanol–water partition coefficient (Wildman–Crippen LogP) is 16.9. The number of hydrogen-bond acceptors (Lipinski definition) is 3. The van der Waals surface area contributed by atoms with Crippen molar-refractivity contribution in [3.63, 3.8) is 0 Å². The Kier molecular flexibility index (Phi) is 8.98. The van der Waals surface area contributed by atoms with Gasteiger partial charge in [-0.2, -0.15) is 0 Å². The number of anilines is 6. The average Bonchev–Trinajstić information content (AvgIpc) is 3.69. The van der Waals surface area contributed by atoms with Crippen molar-refractivity contribution in [1.82, 2.24) is 0 Å².